The third-order valence-electron chi connectivity index (χ3n) is 4.63. The molecule has 2 aromatic heterocycles. The highest BCUT2D eigenvalue weighted by atomic mass is 16.5. The predicted octanol–water partition coefficient (Wildman–Crippen LogP) is 3.56. The number of methoxy groups -OCH3 is 2. The van der Waals surface area contributed by atoms with Crippen LogP contribution in [0.3, 0.4) is 0 Å². The molecule has 4 aromatic rings. The SMILES string of the molecule is COc1ccc(C#Cc2ncc(C#Cc3ccc(OC)cc3)n3c(O)c(C)nc23)cc1. The van der Waals surface area contributed by atoms with Crippen LogP contribution in [0.4, 0.5) is 0 Å². The lowest BCUT2D eigenvalue weighted by Gasteiger charge is -2.02. The Morgan fingerprint density at radius 1 is 0.806 bits per heavy atom. The molecule has 31 heavy (non-hydrogen) atoms. The molecule has 0 saturated heterocycles. The van der Waals surface area contributed by atoms with Crippen molar-refractivity contribution in [2.24, 2.45) is 0 Å². The summed E-state index contributed by atoms with van der Waals surface area (Å²) in [5, 5.41) is 10.5. The number of hydrogen-bond donors (Lipinski definition) is 1. The Kier molecular flexibility index (Phi) is 5.47. The van der Waals surface area contributed by atoms with Crippen LogP contribution in [0.25, 0.3) is 5.65 Å². The Labute approximate surface area is 180 Å². The van der Waals surface area contributed by atoms with E-state index in [1.807, 2.05) is 48.5 Å². The Balaban J connectivity index is 1.73. The first-order chi connectivity index (χ1) is 15.1. The molecule has 0 fully saturated rings. The molecule has 2 aromatic carbocycles. The molecule has 0 aliphatic heterocycles. The quantitative estimate of drug-likeness (QED) is 0.513. The highest BCUT2D eigenvalue weighted by Crippen LogP contribution is 2.22. The number of nitrogens with zero attached hydrogens (tertiary/aromatic N) is 3. The molecule has 0 radical (unpaired) electrons. The zero-order valence-corrected chi connectivity index (χ0v) is 17.3. The van der Waals surface area contributed by atoms with Gasteiger partial charge in [-0.05, 0) is 67.3 Å². The number of benzene rings is 2. The number of fused-ring (bicyclic) bond motifs is 1. The van der Waals surface area contributed by atoms with Crippen molar-refractivity contribution >= 4 is 5.65 Å². The topological polar surface area (TPSA) is 68.9 Å². The number of aromatic nitrogens is 3. The summed E-state index contributed by atoms with van der Waals surface area (Å²) in [4.78, 5) is 8.87. The van der Waals surface area contributed by atoms with E-state index in [1.54, 1.807) is 31.7 Å². The van der Waals surface area contributed by atoms with E-state index < -0.39 is 0 Å². The molecule has 4 rings (SSSR count). The van der Waals surface area contributed by atoms with Gasteiger partial charge in [0.15, 0.2) is 11.3 Å². The van der Waals surface area contributed by atoms with Gasteiger partial charge in [-0.15, -0.1) is 0 Å². The minimum Gasteiger partial charge on any atom is -0.497 e. The number of imidazole rings is 1. The van der Waals surface area contributed by atoms with Gasteiger partial charge in [-0.25, -0.2) is 9.97 Å². The fraction of sp³-hybridized carbons (Fsp3) is 0.120. The molecule has 0 aliphatic carbocycles. The average molecular weight is 409 g/mol. The summed E-state index contributed by atoms with van der Waals surface area (Å²) in [6, 6.07) is 14.8. The molecular weight excluding hydrogens is 390 g/mol. The molecule has 1 N–H and O–H groups in total. The van der Waals surface area contributed by atoms with Crippen LogP contribution in [-0.2, 0) is 0 Å². The van der Waals surface area contributed by atoms with Crippen LogP contribution in [0.5, 0.6) is 17.4 Å². The van der Waals surface area contributed by atoms with E-state index in [4.69, 9.17) is 9.47 Å². The molecule has 0 amide bonds. The van der Waals surface area contributed by atoms with Crippen LogP contribution in [0.2, 0.25) is 0 Å². The minimum atomic E-state index is 0.0175. The first-order valence-corrected chi connectivity index (χ1v) is 9.48. The van der Waals surface area contributed by atoms with E-state index in [-0.39, 0.29) is 5.88 Å². The number of ether oxygens (including phenoxy) is 2. The van der Waals surface area contributed by atoms with Crippen molar-refractivity contribution in [2.75, 3.05) is 14.2 Å². The third kappa shape index (κ3) is 4.14. The van der Waals surface area contributed by atoms with Gasteiger partial charge in [-0.2, -0.15) is 0 Å². The molecular formula is C25H19N3O3. The van der Waals surface area contributed by atoms with Crippen LogP contribution in [0.1, 0.15) is 28.2 Å². The molecule has 2 heterocycles. The summed E-state index contributed by atoms with van der Waals surface area (Å²) in [7, 11) is 3.24. The van der Waals surface area contributed by atoms with Gasteiger partial charge in [0.2, 0.25) is 5.88 Å². The van der Waals surface area contributed by atoms with Crippen molar-refractivity contribution in [1.29, 1.82) is 0 Å². The highest BCUT2D eigenvalue weighted by molar-refractivity contribution is 5.60. The lowest BCUT2D eigenvalue weighted by molar-refractivity contribution is 0.414. The molecule has 152 valence electrons. The van der Waals surface area contributed by atoms with Gasteiger partial charge in [0.05, 0.1) is 20.4 Å². The highest BCUT2D eigenvalue weighted by Gasteiger charge is 2.14. The van der Waals surface area contributed by atoms with E-state index >= 15 is 0 Å². The normalized spacial score (nSPS) is 10.0. The van der Waals surface area contributed by atoms with E-state index in [0.29, 0.717) is 22.7 Å². The first kappa shape index (κ1) is 19.9. The summed E-state index contributed by atoms with van der Waals surface area (Å²) < 4.78 is 11.9. The van der Waals surface area contributed by atoms with Gasteiger partial charge >= 0.3 is 0 Å². The summed E-state index contributed by atoms with van der Waals surface area (Å²) in [5.74, 6) is 13.8. The second kappa shape index (κ2) is 8.52. The monoisotopic (exact) mass is 409 g/mol. The molecule has 6 nitrogen and oxygen atoms in total. The van der Waals surface area contributed by atoms with Crippen molar-refractivity contribution in [3.8, 4) is 41.1 Å². The molecule has 0 aliphatic rings. The van der Waals surface area contributed by atoms with Gasteiger partial charge in [0, 0.05) is 11.1 Å². The fourth-order valence-electron chi connectivity index (χ4n) is 2.94. The number of aryl methyl sites for hydroxylation is 1. The predicted molar refractivity (Wildman–Crippen MR) is 117 cm³/mol. The molecule has 6 heteroatoms. The maximum atomic E-state index is 10.5. The van der Waals surface area contributed by atoms with Crippen molar-refractivity contribution in [3.63, 3.8) is 0 Å². The third-order valence-corrected chi connectivity index (χ3v) is 4.63. The van der Waals surface area contributed by atoms with Crippen LogP contribution in [-0.4, -0.2) is 33.7 Å². The van der Waals surface area contributed by atoms with Gasteiger partial charge in [-0.3, -0.25) is 4.40 Å². The van der Waals surface area contributed by atoms with Crippen molar-refractivity contribution in [3.05, 3.63) is 82.9 Å². The van der Waals surface area contributed by atoms with E-state index in [2.05, 4.69) is 33.6 Å². The Morgan fingerprint density at radius 2 is 1.35 bits per heavy atom. The molecule has 0 saturated carbocycles. The molecule has 0 bridgehead atoms. The maximum Gasteiger partial charge on any atom is 0.220 e. The number of hydrogen-bond acceptors (Lipinski definition) is 5. The van der Waals surface area contributed by atoms with Crippen LogP contribution in [0, 0.1) is 30.6 Å². The van der Waals surface area contributed by atoms with Crippen LogP contribution >= 0.6 is 0 Å². The summed E-state index contributed by atoms with van der Waals surface area (Å²) in [6.07, 6.45) is 1.59. The second-order valence-corrected chi connectivity index (χ2v) is 6.63. The van der Waals surface area contributed by atoms with Crippen LogP contribution in [0.15, 0.2) is 54.7 Å². The molecule has 0 atom stereocenters. The average Bonchev–Trinajstić information content (AvgIpc) is 3.12. The smallest absolute Gasteiger partial charge is 0.220 e. The first-order valence-electron chi connectivity index (χ1n) is 9.48. The van der Waals surface area contributed by atoms with Gasteiger partial charge in [-0.1, -0.05) is 11.8 Å². The lowest BCUT2D eigenvalue weighted by atomic mass is 10.2. The second-order valence-electron chi connectivity index (χ2n) is 6.63. The fourth-order valence-corrected chi connectivity index (χ4v) is 2.94. The van der Waals surface area contributed by atoms with E-state index in [1.165, 1.54) is 0 Å². The lowest BCUT2D eigenvalue weighted by Crippen LogP contribution is -1.98. The largest absolute Gasteiger partial charge is 0.497 e. The standard InChI is InChI=1S/C25H19N3O3/c1-17-25(29)28-20(10-4-18-5-11-21(30-2)12-6-18)16-26-23(24(28)27-17)15-9-19-7-13-22(31-3)14-8-19/h5-8,11-14,16,29H,1-3H3. The van der Waals surface area contributed by atoms with E-state index in [0.717, 1.165) is 22.6 Å². The summed E-state index contributed by atoms with van der Waals surface area (Å²) in [5.41, 5.74) is 3.53. The van der Waals surface area contributed by atoms with Gasteiger partial charge in [0.1, 0.15) is 22.9 Å². The number of aromatic hydroxyl groups is 1. The summed E-state index contributed by atoms with van der Waals surface area (Å²) >= 11 is 0. The minimum absolute atomic E-state index is 0.0175. The van der Waals surface area contributed by atoms with Crippen molar-refractivity contribution < 1.29 is 14.6 Å². The zero-order chi connectivity index (χ0) is 21.8. The van der Waals surface area contributed by atoms with E-state index in [9.17, 15) is 5.11 Å². The van der Waals surface area contributed by atoms with Crippen LogP contribution < -0.4 is 9.47 Å². The van der Waals surface area contributed by atoms with Gasteiger partial charge in [0.25, 0.3) is 0 Å². The zero-order valence-electron chi connectivity index (χ0n) is 17.3. The number of rotatable bonds is 2. The van der Waals surface area contributed by atoms with Crippen molar-refractivity contribution in [2.45, 2.75) is 6.92 Å². The Bertz CT molecular complexity index is 1360. The molecule has 0 unspecified atom stereocenters. The summed E-state index contributed by atoms with van der Waals surface area (Å²) in [6.45, 7) is 1.73. The maximum absolute atomic E-state index is 10.5. The Hall–Kier alpha value is -4.42. The van der Waals surface area contributed by atoms with Gasteiger partial charge < -0.3 is 14.6 Å². The van der Waals surface area contributed by atoms with Crippen molar-refractivity contribution in [1.82, 2.24) is 14.4 Å². The molecule has 0 spiro atoms. The Morgan fingerprint density at radius 3 is 1.90 bits per heavy atom.